The Labute approximate surface area is 132 Å². The first-order valence-electron chi connectivity index (χ1n) is 6.89. The Morgan fingerprint density at radius 1 is 1.27 bits per heavy atom. The largest absolute Gasteiger partial charge is 0.463 e. The molecule has 5 nitrogen and oxygen atoms in total. The van der Waals surface area contributed by atoms with E-state index in [4.69, 9.17) is 21.1 Å². The molecular formula is C16H15ClN2O3. The van der Waals surface area contributed by atoms with Crippen molar-refractivity contribution in [2.45, 2.75) is 6.54 Å². The van der Waals surface area contributed by atoms with Gasteiger partial charge in [-0.05, 0) is 17.7 Å². The van der Waals surface area contributed by atoms with Crippen LogP contribution in [0.2, 0.25) is 5.02 Å². The summed E-state index contributed by atoms with van der Waals surface area (Å²) in [4.78, 5) is 12.2. The molecule has 2 heterocycles. The van der Waals surface area contributed by atoms with Crippen LogP contribution in [0.4, 0.5) is 0 Å². The molecule has 114 valence electrons. The lowest BCUT2D eigenvalue weighted by molar-refractivity contribution is 0.0936. The van der Waals surface area contributed by atoms with Gasteiger partial charge in [0.15, 0.2) is 5.58 Å². The average Bonchev–Trinajstić information content (AvgIpc) is 3.09. The van der Waals surface area contributed by atoms with E-state index in [-0.39, 0.29) is 19.1 Å². The topological polar surface area (TPSA) is 67.4 Å². The van der Waals surface area contributed by atoms with Crippen molar-refractivity contribution >= 4 is 28.6 Å². The van der Waals surface area contributed by atoms with Gasteiger partial charge in [0.2, 0.25) is 0 Å². The number of hydrogen-bond donors (Lipinski definition) is 2. The summed E-state index contributed by atoms with van der Waals surface area (Å²) >= 11 is 5.90. The highest BCUT2D eigenvalue weighted by Crippen LogP contribution is 2.23. The molecule has 2 aromatic heterocycles. The van der Waals surface area contributed by atoms with Crippen LogP contribution in [0.3, 0.4) is 0 Å². The number of hydrogen-bond acceptors (Lipinski definition) is 3. The van der Waals surface area contributed by atoms with Crippen molar-refractivity contribution in [3.8, 4) is 0 Å². The van der Waals surface area contributed by atoms with Gasteiger partial charge in [-0.25, -0.2) is 0 Å². The average molecular weight is 319 g/mol. The summed E-state index contributed by atoms with van der Waals surface area (Å²) in [5, 5.41) is 12.2. The quantitative estimate of drug-likeness (QED) is 0.760. The Bertz CT molecular complexity index is 789. The van der Waals surface area contributed by atoms with Gasteiger partial charge in [-0.1, -0.05) is 23.7 Å². The maximum Gasteiger partial charge on any atom is 0.268 e. The van der Waals surface area contributed by atoms with E-state index in [2.05, 4.69) is 5.32 Å². The van der Waals surface area contributed by atoms with Gasteiger partial charge in [-0.3, -0.25) is 4.79 Å². The minimum atomic E-state index is -0.241. The summed E-state index contributed by atoms with van der Waals surface area (Å²) in [6.07, 6.45) is 1.60. The SMILES string of the molecule is O=C(NCCO)c1cc2occc2n1Cc1ccc(Cl)cc1. The van der Waals surface area contributed by atoms with Crippen LogP contribution in [0.25, 0.3) is 11.1 Å². The number of nitrogens with zero attached hydrogens (tertiary/aromatic N) is 1. The smallest absolute Gasteiger partial charge is 0.268 e. The number of nitrogens with one attached hydrogen (secondary N) is 1. The fourth-order valence-corrected chi connectivity index (χ4v) is 2.49. The zero-order valence-corrected chi connectivity index (χ0v) is 12.5. The summed E-state index contributed by atoms with van der Waals surface area (Å²) < 4.78 is 7.26. The normalized spacial score (nSPS) is 11.0. The molecule has 2 N–H and O–H groups in total. The second-order valence-electron chi connectivity index (χ2n) is 4.89. The van der Waals surface area contributed by atoms with E-state index in [1.54, 1.807) is 12.3 Å². The predicted molar refractivity (Wildman–Crippen MR) is 84.2 cm³/mol. The molecule has 0 aliphatic heterocycles. The van der Waals surface area contributed by atoms with Crippen LogP contribution < -0.4 is 5.32 Å². The number of halogens is 1. The van der Waals surface area contributed by atoms with Crippen LogP contribution in [-0.4, -0.2) is 28.7 Å². The maximum absolute atomic E-state index is 12.2. The maximum atomic E-state index is 12.2. The minimum absolute atomic E-state index is 0.0975. The van der Waals surface area contributed by atoms with Gasteiger partial charge < -0.3 is 19.4 Å². The highest BCUT2D eigenvalue weighted by atomic mass is 35.5. The van der Waals surface area contributed by atoms with Crippen LogP contribution in [0.15, 0.2) is 47.1 Å². The summed E-state index contributed by atoms with van der Waals surface area (Å²) in [5.41, 5.74) is 3.03. The van der Waals surface area contributed by atoms with E-state index in [1.165, 1.54) is 0 Å². The van der Waals surface area contributed by atoms with Crippen LogP contribution in [0.5, 0.6) is 0 Å². The molecule has 0 saturated heterocycles. The first-order chi connectivity index (χ1) is 10.7. The monoisotopic (exact) mass is 318 g/mol. The third kappa shape index (κ3) is 2.86. The van der Waals surface area contributed by atoms with Crippen LogP contribution >= 0.6 is 11.6 Å². The van der Waals surface area contributed by atoms with Gasteiger partial charge in [0.25, 0.3) is 5.91 Å². The zero-order valence-electron chi connectivity index (χ0n) is 11.8. The molecule has 1 aromatic carbocycles. The molecule has 0 unspecified atom stereocenters. The molecule has 6 heteroatoms. The summed E-state index contributed by atoms with van der Waals surface area (Å²) in [5.74, 6) is -0.241. The molecule has 1 amide bonds. The number of carbonyl (C=O) groups is 1. The van der Waals surface area contributed by atoms with Crippen molar-refractivity contribution in [1.82, 2.24) is 9.88 Å². The van der Waals surface area contributed by atoms with E-state index in [9.17, 15) is 4.79 Å². The summed E-state index contributed by atoms with van der Waals surface area (Å²) in [6, 6.07) is 11.0. The molecule has 0 spiro atoms. The van der Waals surface area contributed by atoms with Gasteiger partial charge >= 0.3 is 0 Å². The number of rotatable bonds is 5. The number of aromatic nitrogens is 1. The van der Waals surface area contributed by atoms with Crippen molar-refractivity contribution in [1.29, 1.82) is 0 Å². The van der Waals surface area contributed by atoms with Crippen molar-refractivity contribution < 1.29 is 14.3 Å². The minimum Gasteiger partial charge on any atom is -0.463 e. The van der Waals surface area contributed by atoms with E-state index >= 15 is 0 Å². The molecule has 3 rings (SSSR count). The van der Waals surface area contributed by atoms with Gasteiger partial charge in [0.1, 0.15) is 5.69 Å². The number of amides is 1. The Balaban J connectivity index is 1.96. The molecule has 22 heavy (non-hydrogen) atoms. The van der Waals surface area contributed by atoms with Gasteiger partial charge in [0.05, 0.1) is 18.4 Å². The fraction of sp³-hybridized carbons (Fsp3) is 0.188. The van der Waals surface area contributed by atoms with Gasteiger partial charge in [-0.2, -0.15) is 0 Å². The van der Waals surface area contributed by atoms with E-state index in [1.807, 2.05) is 34.9 Å². The molecule has 0 atom stereocenters. The Morgan fingerprint density at radius 2 is 2.05 bits per heavy atom. The standard InChI is InChI=1S/C16H15ClN2O3/c17-12-3-1-11(2-4-12)10-19-13-5-8-22-15(13)9-14(19)16(21)18-6-7-20/h1-5,8-9,20H,6-7,10H2,(H,18,21). The highest BCUT2D eigenvalue weighted by molar-refractivity contribution is 6.30. The zero-order chi connectivity index (χ0) is 15.5. The van der Waals surface area contributed by atoms with E-state index in [0.717, 1.165) is 11.1 Å². The molecule has 0 saturated carbocycles. The van der Waals surface area contributed by atoms with Gasteiger partial charge in [0, 0.05) is 30.2 Å². The molecular weight excluding hydrogens is 304 g/mol. The number of aliphatic hydroxyl groups is 1. The summed E-state index contributed by atoms with van der Waals surface area (Å²) in [6.45, 7) is 0.647. The lowest BCUT2D eigenvalue weighted by Gasteiger charge is -2.10. The lowest BCUT2D eigenvalue weighted by atomic mass is 10.2. The first-order valence-corrected chi connectivity index (χ1v) is 7.27. The molecule has 0 fully saturated rings. The number of benzene rings is 1. The van der Waals surface area contributed by atoms with Crippen LogP contribution in [0, 0.1) is 0 Å². The van der Waals surface area contributed by atoms with Crippen LogP contribution in [-0.2, 0) is 6.54 Å². The molecule has 0 aliphatic carbocycles. The predicted octanol–water partition coefficient (Wildman–Crippen LogP) is 2.66. The first kappa shape index (κ1) is 14.7. The van der Waals surface area contributed by atoms with E-state index in [0.29, 0.717) is 22.8 Å². The lowest BCUT2D eigenvalue weighted by Crippen LogP contribution is -2.28. The third-order valence-electron chi connectivity index (χ3n) is 3.41. The molecule has 0 radical (unpaired) electrons. The highest BCUT2D eigenvalue weighted by Gasteiger charge is 2.17. The van der Waals surface area contributed by atoms with Gasteiger partial charge in [-0.15, -0.1) is 0 Å². The second-order valence-corrected chi connectivity index (χ2v) is 5.33. The Morgan fingerprint density at radius 3 is 2.77 bits per heavy atom. The van der Waals surface area contributed by atoms with E-state index < -0.39 is 0 Å². The second kappa shape index (κ2) is 6.25. The number of fused-ring (bicyclic) bond motifs is 1. The molecule has 0 bridgehead atoms. The number of carbonyl (C=O) groups excluding carboxylic acids is 1. The van der Waals surface area contributed by atoms with Crippen molar-refractivity contribution in [2.75, 3.05) is 13.2 Å². The Hall–Kier alpha value is -2.24. The Kier molecular flexibility index (Phi) is 4.18. The molecule has 0 aliphatic rings. The number of aliphatic hydroxyl groups excluding tert-OH is 1. The third-order valence-corrected chi connectivity index (χ3v) is 3.66. The number of furan rings is 1. The van der Waals surface area contributed by atoms with Crippen molar-refractivity contribution in [3.05, 3.63) is 58.9 Å². The van der Waals surface area contributed by atoms with Crippen LogP contribution in [0.1, 0.15) is 16.1 Å². The van der Waals surface area contributed by atoms with Crippen molar-refractivity contribution in [2.24, 2.45) is 0 Å². The fourth-order valence-electron chi connectivity index (χ4n) is 2.37. The van der Waals surface area contributed by atoms with Crippen molar-refractivity contribution in [3.63, 3.8) is 0 Å². The summed E-state index contributed by atoms with van der Waals surface area (Å²) in [7, 11) is 0. The molecule has 3 aromatic rings.